The first-order valence-electron chi connectivity index (χ1n) is 7.28. The van der Waals surface area contributed by atoms with Gasteiger partial charge in [0.05, 0.1) is 19.8 Å². The fourth-order valence-electron chi connectivity index (χ4n) is 1.66. The van der Waals surface area contributed by atoms with E-state index in [1.54, 1.807) is 0 Å². The largest absolute Gasteiger partial charge is 0.379 e. The Hall–Kier alpha value is -0.120. The van der Waals surface area contributed by atoms with Crippen LogP contribution in [0.25, 0.3) is 0 Å². The predicted octanol–water partition coefficient (Wildman–Crippen LogP) is 2.99. The molecule has 0 aromatic heterocycles. The van der Waals surface area contributed by atoms with Crippen LogP contribution in [-0.4, -0.2) is 39.5 Å². The van der Waals surface area contributed by atoms with Crippen LogP contribution in [-0.2, 0) is 9.47 Å². The summed E-state index contributed by atoms with van der Waals surface area (Å²) < 4.78 is 10.6. The minimum Gasteiger partial charge on any atom is -0.379 e. The topological polar surface area (TPSA) is 30.5 Å². The van der Waals surface area contributed by atoms with E-state index >= 15 is 0 Å². The third-order valence-electron chi connectivity index (χ3n) is 2.71. The van der Waals surface area contributed by atoms with E-state index < -0.39 is 0 Å². The van der Waals surface area contributed by atoms with Gasteiger partial charge in [0.15, 0.2) is 0 Å². The molecule has 0 rings (SSSR count). The highest BCUT2D eigenvalue weighted by atomic mass is 16.5. The molecule has 0 aliphatic carbocycles. The Morgan fingerprint density at radius 2 is 1.41 bits per heavy atom. The number of rotatable bonds is 14. The van der Waals surface area contributed by atoms with E-state index in [4.69, 9.17) is 9.47 Å². The van der Waals surface area contributed by atoms with E-state index in [0.717, 1.165) is 26.3 Å². The van der Waals surface area contributed by atoms with Crippen molar-refractivity contribution in [3.8, 4) is 0 Å². The summed E-state index contributed by atoms with van der Waals surface area (Å²) in [5.74, 6) is 0. The average molecular weight is 245 g/mol. The second kappa shape index (κ2) is 15.9. The molecular formula is C14H31NO2. The molecule has 0 saturated heterocycles. The van der Waals surface area contributed by atoms with Gasteiger partial charge in [-0.3, -0.25) is 0 Å². The summed E-state index contributed by atoms with van der Waals surface area (Å²) in [6.45, 7) is 9.35. The SMILES string of the molecule is CCCCCCCCNCCOCCOCC. The first-order chi connectivity index (χ1) is 8.41. The third kappa shape index (κ3) is 15.9. The molecule has 1 N–H and O–H groups in total. The highest BCUT2D eigenvalue weighted by molar-refractivity contribution is 4.49. The highest BCUT2D eigenvalue weighted by Gasteiger charge is 1.91. The minimum absolute atomic E-state index is 0.715. The molecule has 0 fully saturated rings. The van der Waals surface area contributed by atoms with Crippen molar-refractivity contribution in [3.63, 3.8) is 0 Å². The van der Waals surface area contributed by atoms with Gasteiger partial charge in [-0.1, -0.05) is 39.0 Å². The maximum absolute atomic E-state index is 5.41. The number of unbranched alkanes of at least 4 members (excludes halogenated alkanes) is 5. The minimum atomic E-state index is 0.715. The van der Waals surface area contributed by atoms with Gasteiger partial charge in [-0.2, -0.15) is 0 Å². The second-order valence-electron chi connectivity index (χ2n) is 4.33. The number of ether oxygens (including phenoxy) is 2. The summed E-state index contributed by atoms with van der Waals surface area (Å²) in [5, 5.41) is 3.40. The zero-order chi connectivity index (χ0) is 12.6. The molecule has 0 aromatic rings. The first-order valence-corrected chi connectivity index (χ1v) is 7.28. The van der Waals surface area contributed by atoms with E-state index in [9.17, 15) is 0 Å². The molecule has 0 unspecified atom stereocenters. The standard InChI is InChI=1S/C14H31NO2/c1-3-5-6-7-8-9-10-15-11-12-17-14-13-16-4-2/h15H,3-14H2,1-2H3. The fraction of sp³-hybridized carbons (Fsp3) is 1.00. The molecule has 0 heterocycles. The molecule has 0 radical (unpaired) electrons. The summed E-state index contributed by atoms with van der Waals surface area (Å²) >= 11 is 0. The molecule has 3 heteroatoms. The summed E-state index contributed by atoms with van der Waals surface area (Å²) in [5.41, 5.74) is 0. The lowest BCUT2D eigenvalue weighted by molar-refractivity contribution is 0.0540. The molecule has 0 aliphatic heterocycles. The van der Waals surface area contributed by atoms with Gasteiger partial charge in [-0.05, 0) is 19.9 Å². The van der Waals surface area contributed by atoms with Gasteiger partial charge in [0.2, 0.25) is 0 Å². The Balaban J connectivity index is 2.85. The predicted molar refractivity (Wildman–Crippen MR) is 73.6 cm³/mol. The van der Waals surface area contributed by atoms with Crippen molar-refractivity contribution in [2.75, 3.05) is 39.5 Å². The van der Waals surface area contributed by atoms with Crippen molar-refractivity contribution in [3.05, 3.63) is 0 Å². The van der Waals surface area contributed by atoms with E-state index in [1.165, 1.54) is 38.5 Å². The van der Waals surface area contributed by atoms with Crippen LogP contribution in [0.15, 0.2) is 0 Å². The maximum Gasteiger partial charge on any atom is 0.0701 e. The number of nitrogens with one attached hydrogen (secondary N) is 1. The van der Waals surface area contributed by atoms with Crippen LogP contribution in [0.2, 0.25) is 0 Å². The van der Waals surface area contributed by atoms with Crippen molar-refractivity contribution >= 4 is 0 Å². The van der Waals surface area contributed by atoms with Crippen LogP contribution < -0.4 is 5.32 Å². The van der Waals surface area contributed by atoms with Gasteiger partial charge < -0.3 is 14.8 Å². The van der Waals surface area contributed by atoms with Crippen molar-refractivity contribution in [2.24, 2.45) is 0 Å². The van der Waals surface area contributed by atoms with Gasteiger partial charge in [0, 0.05) is 13.2 Å². The lowest BCUT2D eigenvalue weighted by atomic mass is 10.1. The monoisotopic (exact) mass is 245 g/mol. The van der Waals surface area contributed by atoms with Crippen LogP contribution in [0.3, 0.4) is 0 Å². The Kier molecular flexibility index (Phi) is 15.8. The zero-order valence-corrected chi connectivity index (χ0v) is 11.8. The molecule has 17 heavy (non-hydrogen) atoms. The summed E-state index contributed by atoms with van der Waals surface area (Å²) in [6, 6.07) is 0. The van der Waals surface area contributed by atoms with Gasteiger partial charge in [0.25, 0.3) is 0 Å². The van der Waals surface area contributed by atoms with Crippen molar-refractivity contribution in [2.45, 2.75) is 52.4 Å². The summed E-state index contributed by atoms with van der Waals surface area (Å²) in [7, 11) is 0. The van der Waals surface area contributed by atoms with Crippen LogP contribution in [0.5, 0.6) is 0 Å². The molecular weight excluding hydrogens is 214 g/mol. The molecule has 0 aliphatic rings. The molecule has 0 spiro atoms. The van der Waals surface area contributed by atoms with Crippen LogP contribution in [0, 0.1) is 0 Å². The smallest absolute Gasteiger partial charge is 0.0701 e. The van der Waals surface area contributed by atoms with Gasteiger partial charge in [-0.15, -0.1) is 0 Å². The summed E-state index contributed by atoms with van der Waals surface area (Å²) in [6.07, 6.45) is 8.16. The van der Waals surface area contributed by atoms with E-state index in [-0.39, 0.29) is 0 Å². The molecule has 3 nitrogen and oxygen atoms in total. The lowest BCUT2D eigenvalue weighted by Crippen LogP contribution is -2.21. The van der Waals surface area contributed by atoms with Crippen molar-refractivity contribution < 1.29 is 9.47 Å². The Labute approximate surface area is 107 Å². The molecule has 0 aromatic carbocycles. The second-order valence-corrected chi connectivity index (χ2v) is 4.33. The van der Waals surface area contributed by atoms with Crippen LogP contribution in [0.1, 0.15) is 52.4 Å². The summed E-state index contributed by atoms with van der Waals surface area (Å²) in [4.78, 5) is 0. The Morgan fingerprint density at radius 1 is 0.706 bits per heavy atom. The fourth-order valence-corrected chi connectivity index (χ4v) is 1.66. The highest BCUT2D eigenvalue weighted by Crippen LogP contribution is 2.03. The third-order valence-corrected chi connectivity index (χ3v) is 2.71. The zero-order valence-electron chi connectivity index (χ0n) is 11.8. The lowest BCUT2D eigenvalue weighted by Gasteiger charge is -2.06. The average Bonchev–Trinajstić information content (AvgIpc) is 2.35. The van der Waals surface area contributed by atoms with Gasteiger partial charge in [0.1, 0.15) is 0 Å². The Bertz CT molecular complexity index is 117. The number of hydrogen-bond donors (Lipinski definition) is 1. The molecule has 0 bridgehead atoms. The molecule has 0 amide bonds. The van der Waals surface area contributed by atoms with E-state index in [0.29, 0.717) is 13.2 Å². The number of hydrogen-bond acceptors (Lipinski definition) is 3. The maximum atomic E-state index is 5.41. The molecule has 0 saturated carbocycles. The Morgan fingerprint density at radius 3 is 2.18 bits per heavy atom. The molecule has 104 valence electrons. The first kappa shape index (κ1) is 16.9. The van der Waals surface area contributed by atoms with Crippen LogP contribution in [0.4, 0.5) is 0 Å². The van der Waals surface area contributed by atoms with Gasteiger partial charge >= 0.3 is 0 Å². The van der Waals surface area contributed by atoms with E-state index in [1.807, 2.05) is 6.92 Å². The van der Waals surface area contributed by atoms with E-state index in [2.05, 4.69) is 12.2 Å². The van der Waals surface area contributed by atoms with Crippen molar-refractivity contribution in [1.29, 1.82) is 0 Å². The van der Waals surface area contributed by atoms with Crippen molar-refractivity contribution in [1.82, 2.24) is 5.32 Å². The van der Waals surface area contributed by atoms with Crippen LogP contribution >= 0.6 is 0 Å². The quantitative estimate of drug-likeness (QED) is 0.477. The normalized spacial score (nSPS) is 10.9. The molecule has 0 atom stereocenters. The van der Waals surface area contributed by atoms with Gasteiger partial charge in [-0.25, -0.2) is 0 Å².